The number of piperidine rings is 1. The average Bonchev–Trinajstić information content (AvgIpc) is 2.68. The standard InChI is InChI=1S/C21H21F3N2O2/c22-21(23,24)16-7-5-15(6-8-16)9-14-26-18-4-2-1-3-17(18)20(28-19(26)27)10-12-25-13-11-20/h1-8,25H,9-14H2. The molecule has 0 bridgehead atoms. The number of hydrogen-bond acceptors (Lipinski definition) is 3. The number of alkyl halides is 3. The molecular formula is C21H21F3N2O2. The number of nitrogens with one attached hydrogen (secondary N) is 1. The van der Waals surface area contributed by atoms with Crippen LogP contribution in [0, 0.1) is 0 Å². The van der Waals surface area contributed by atoms with Gasteiger partial charge in [0.1, 0.15) is 5.60 Å². The summed E-state index contributed by atoms with van der Waals surface area (Å²) in [6.07, 6.45) is -2.86. The van der Waals surface area contributed by atoms with E-state index in [0.29, 0.717) is 13.0 Å². The minimum Gasteiger partial charge on any atom is -0.437 e. The summed E-state index contributed by atoms with van der Waals surface area (Å²) in [5, 5.41) is 3.29. The largest absolute Gasteiger partial charge is 0.437 e. The lowest BCUT2D eigenvalue weighted by molar-refractivity contribution is -0.137. The second-order valence-corrected chi connectivity index (χ2v) is 7.23. The van der Waals surface area contributed by atoms with Gasteiger partial charge in [-0.2, -0.15) is 13.2 Å². The number of carbonyl (C=O) groups excluding carboxylic acids is 1. The number of ether oxygens (including phenoxy) is 1. The molecule has 1 fully saturated rings. The molecule has 2 aliphatic heterocycles. The molecule has 1 N–H and O–H groups in total. The smallest absolute Gasteiger partial charge is 0.416 e. The van der Waals surface area contributed by atoms with Crippen molar-refractivity contribution in [3.05, 3.63) is 65.2 Å². The van der Waals surface area contributed by atoms with Crippen molar-refractivity contribution in [1.29, 1.82) is 0 Å². The summed E-state index contributed by atoms with van der Waals surface area (Å²) in [7, 11) is 0. The summed E-state index contributed by atoms with van der Waals surface area (Å²) in [5.41, 5.74) is 1.30. The number of halogens is 3. The van der Waals surface area contributed by atoms with Crippen LogP contribution < -0.4 is 10.2 Å². The highest BCUT2D eigenvalue weighted by Crippen LogP contribution is 2.44. The maximum Gasteiger partial charge on any atom is 0.416 e. The van der Waals surface area contributed by atoms with Crippen molar-refractivity contribution in [2.45, 2.75) is 31.0 Å². The minimum absolute atomic E-state index is 0.343. The van der Waals surface area contributed by atoms with E-state index in [1.807, 2.05) is 24.3 Å². The molecule has 0 unspecified atom stereocenters. The quantitative estimate of drug-likeness (QED) is 0.840. The lowest BCUT2D eigenvalue weighted by Gasteiger charge is -2.44. The number of para-hydroxylation sites is 1. The highest BCUT2D eigenvalue weighted by atomic mass is 19.4. The molecule has 0 radical (unpaired) electrons. The Hall–Kier alpha value is -2.54. The predicted molar refractivity (Wildman–Crippen MR) is 99.2 cm³/mol. The lowest BCUT2D eigenvalue weighted by Crippen LogP contribution is -2.51. The number of amides is 1. The Morgan fingerprint density at radius 2 is 1.71 bits per heavy atom. The third-order valence-electron chi connectivity index (χ3n) is 5.51. The molecular weight excluding hydrogens is 369 g/mol. The van der Waals surface area contributed by atoms with E-state index in [1.165, 1.54) is 12.1 Å². The number of benzene rings is 2. The Kier molecular flexibility index (Phi) is 4.79. The molecule has 2 heterocycles. The van der Waals surface area contributed by atoms with Crippen molar-refractivity contribution in [2.75, 3.05) is 24.5 Å². The van der Waals surface area contributed by atoms with Gasteiger partial charge in [0.25, 0.3) is 0 Å². The van der Waals surface area contributed by atoms with E-state index < -0.39 is 23.4 Å². The van der Waals surface area contributed by atoms with Crippen LogP contribution >= 0.6 is 0 Å². The highest BCUT2D eigenvalue weighted by molar-refractivity contribution is 5.91. The molecule has 7 heteroatoms. The third-order valence-corrected chi connectivity index (χ3v) is 5.51. The molecule has 148 valence electrons. The van der Waals surface area contributed by atoms with E-state index in [4.69, 9.17) is 4.74 Å². The van der Waals surface area contributed by atoms with Gasteiger partial charge in [-0.05, 0) is 43.3 Å². The Morgan fingerprint density at radius 3 is 2.39 bits per heavy atom. The normalized spacial score (nSPS) is 18.7. The molecule has 2 aliphatic rings. The van der Waals surface area contributed by atoms with Crippen LogP contribution in [0.3, 0.4) is 0 Å². The summed E-state index contributed by atoms with van der Waals surface area (Å²) in [6, 6.07) is 12.8. The second-order valence-electron chi connectivity index (χ2n) is 7.23. The van der Waals surface area contributed by atoms with Crippen molar-refractivity contribution < 1.29 is 22.7 Å². The molecule has 0 saturated carbocycles. The van der Waals surface area contributed by atoms with Crippen LogP contribution in [0.4, 0.5) is 23.7 Å². The van der Waals surface area contributed by atoms with Crippen molar-refractivity contribution in [2.24, 2.45) is 0 Å². The van der Waals surface area contributed by atoms with Crippen LogP contribution in [0.5, 0.6) is 0 Å². The molecule has 0 atom stereocenters. The first-order chi connectivity index (χ1) is 13.4. The van der Waals surface area contributed by atoms with Crippen LogP contribution in [0.2, 0.25) is 0 Å². The number of anilines is 1. The first-order valence-corrected chi connectivity index (χ1v) is 9.36. The molecule has 1 amide bonds. The van der Waals surface area contributed by atoms with E-state index in [2.05, 4.69) is 5.32 Å². The van der Waals surface area contributed by atoms with E-state index >= 15 is 0 Å². The van der Waals surface area contributed by atoms with Crippen molar-refractivity contribution in [1.82, 2.24) is 5.32 Å². The SMILES string of the molecule is O=C1OC2(CCNCC2)c2ccccc2N1CCc1ccc(C(F)(F)F)cc1. The zero-order chi connectivity index (χ0) is 19.8. The van der Waals surface area contributed by atoms with Gasteiger partial charge < -0.3 is 10.1 Å². The Bertz CT molecular complexity index is 859. The van der Waals surface area contributed by atoms with Gasteiger partial charge >= 0.3 is 12.3 Å². The monoisotopic (exact) mass is 390 g/mol. The minimum atomic E-state index is -4.35. The van der Waals surface area contributed by atoms with Gasteiger partial charge in [-0.1, -0.05) is 30.3 Å². The summed E-state index contributed by atoms with van der Waals surface area (Å²) in [5.74, 6) is 0. The van der Waals surface area contributed by atoms with Crippen LogP contribution in [-0.2, 0) is 22.9 Å². The molecule has 0 aliphatic carbocycles. The Labute approximate surface area is 161 Å². The van der Waals surface area contributed by atoms with Crippen LogP contribution in [0.15, 0.2) is 48.5 Å². The zero-order valence-corrected chi connectivity index (χ0v) is 15.3. The maximum absolute atomic E-state index is 12.8. The van der Waals surface area contributed by atoms with Crippen LogP contribution in [0.25, 0.3) is 0 Å². The highest BCUT2D eigenvalue weighted by Gasteiger charge is 2.45. The molecule has 2 aromatic carbocycles. The fourth-order valence-corrected chi connectivity index (χ4v) is 3.98. The second kappa shape index (κ2) is 7.13. The summed E-state index contributed by atoms with van der Waals surface area (Å²) < 4.78 is 44.0. The van der Waals surface area contributed by atoms with E-state index in [0.717, 1.165) is 54.9 Å². The van der Waals surface area contributed by atoms with Crippen LogP contribution in [0.1, 0.15) is 29.5 Å². The van der Waals surface area contributed by atoms with Crippen molar-refractivity contribution in [3.63, 3.8) is 0 Å². The van der Waals surface area contributed by atoms with E-state index in [9.17, 15) is 18.0 Å². The molecule has 0 aromatic heterocycles. The fourth-order valence-electron chi connectivity index (χ4n) is 3.98. The number of carbonyl (C=O) groups is 1. The van der Waals surface area contributed by atoms with E-state index in [1.54, 1.807) is 4.90 Å². The number of hydrogen-bond donors (Lipinski definition) is 1. The van der Waals surface area contributed by atoms with Gasteiger partial charge in [0.15, 0.2) is 0 Å². The average molecular weight is 390 g/mol. The van der Waals surface area contributed by atoms with Gasteiger partial charge in [-0.15, -0.1) is 0 Å². The summed E-state index contributed by atoms with van der Waals surface area (Å²) >= 11 is 0. The lowest BCUT2D eigenvalue weighted by atomic mass is 9.82. The van der Waals surface area contributed by atoms with Crippen molar-refractivity contribution in [3.8, 4) is 0 Å². The summed E-state index contributed by atoms with van der Waals surface area (Å²) in [6.45, 7) is 1.91. The van der Waals surface area contributed by atoms with Crippen molar-refractivity contribution >= 4 is 11.8 Å². The topological polar surface area (TPSA) is 41.6 Å². The van der Waals surface area contributed by atoms with Gasteiger partial charge in [-0.3, -0.25) is 4.90 Å². The first-order valence-electron chi connectivity index (χ1n) is 9.36. The molecule has 1 saturated heterocycles. The van der Waals surface area contributed by atoms with Gasteiger partial charge in [-0.25, -0.2) is 4.79 Å². The number of nitrogens with zero attached hydrogens (tertiary/aromatic N) is 1. The molecule has 1 spiro atoms. The molecule has 2 aromatic rings. The first kappa shape index (κ1) is 18.8. The Morgan fingerprint density at radius 1 is 1.04 bits per heavy atom. The fraction of sp³-hybridized carbons (Fsp3) is 0.381. The maximum atomic E-state index is 12.8. The number of rotatable bonds is 3. The molecule has 4 nitrogen and oxygen atoms in total. The van der Waals surface area contributed by atoms with E-state index in [-0.39, 0.29) is 0 Å². The molecule has 28 heavy (non-hydrogen) atoms. The molecule has 4 rings (SSSR count). The van der Waals surface area contributed by atoms with Crippen LogP contribution in [-0.4, -0.2) is 25.7 Å². The summed E-state index contributed by atoms with van der Waals surface area (Å²) in [4.78, 5) is 14.4. The predicted octanol–water partition coefficient (Wildman–Crippen LogP) is 4.48. The van der Waals surface area contributed by atoms with Gasteiger partial charge in [0.2, 0.25) is 0 Å². The van der Waals surface area contributed by atoms with Gasteiger partial charge in [0, 0.05) is 24.9 Å². The van der Waals surface area contributed by atoms with Gasteiger partial charge in [0.05, 0.1) is 11.3 Å². The number of fused-ring (bicyclic) bond motifs is 2. The Balaban J connectivity index is 1.55. The third kappa shape index (κ3) is 3.46. The zero-order valence-electron chi connectivity index (χ0n) is 15.3.